The van der Waals surface area contributed by atoms with E-state index in [1.54, 1.807) is 0 Å². The minimum atomic E-state index is -4.45. The Morgan fingerprint density at radius 3 is 2.54 bits per heavy atom. The Bertz CT molecular complexity index is 316. The van der Waals surface area contributed by atoms with Gasteiger partial charge in [0, 0.05) is 6.20 Å². The summed E-state index contributed by atoms with van der Waals surface area (Å²) in [5.41, 5.74) is -0.816. The van der Waals surface area contributed by atoms with Crippen LogP contribution in [-0.4, -0.2) is 16.1 Å². The Labute approximate surface area is 71.2 Å². The van der Waals surface area contributed by atoms with Crippen molar-refractivity contribution in [2.45, 2.75) is 12.6 Å². The Morgan fingerprint density at radius 1 is 1.54 bits per heavy atom. The van der Waals surface area contributed by atoms with Crippen molar-refractivity contribution in [3.8, 4) is 0 Å². The van der Waals surface area contributed by atoms with Crippen LogP contribution in [-0.2, 0) is 17.4 Å². The molecule has 0 bridgehead atoms. The first kappa shape index (κ1) is 9.63. The smallest absolute Gasteiger partial charge is 0.431 e. The average Bonchev–Trinajstić information content (AvgIpc) is 2.32. The molecular weight excluding hydrogens is 187 g/mol. The molecule has 13 heavy (non-hydrogen) atoms. The van der Waals surface area contributed by atoms with Gasteiger partial charge in [-0.1, -0.05) is 0 Å². The molecule has 0 spiro atoms. The second kappa shape index (κ2) is 3.12. The fraction of sp³-hybridized carbons (Fsp3) is 0.286. The van der Waals surface area contributed by atoms with Crippen LogP contribution in [0.4, 0.5) is 13.2 Å². The molecule has 0 aliphatic carbocycles. The molecule has 1 aromatic heterocycles. The summed E-state index contributed by atoms with van der Waals surface area (Å²) in [6, 6.07) is 0.786. The average molecular weight is 193 g/mol. The molecule has 2 N–H and O–H groups in total. The molecule has 0 atom stereocenters. The number of aliphatic carboxylic acids is 1. The van der Waals surface area contributed by atoms with Crippen molar-refractivity contribution in [1.29, 1.82) is 0 Å². The molecule has 0 unspecified atom stereocenters. The molecule has 0 saturated heterocycles. The van der Waals surface area contributed by atoms with E-state index in [-0.39, 0.29) is 5.56 Å². The van der Waals surface area contributed by atoms with Crippen LogP contribution in [0.15, 0.2) is 12.3 Å². The lowest BCUT2D eigenvalue weighted by atomic mass is 10.2. The highest BCUT2D eigenvalue weighted by Gasteiger charge is 2.32. The summed E-state index contributed by atoms with van der Waals surface area (Å²) in [5, 5.41) is 8.28. The molecular formula is C7H6F3NO2. The van der Waals surface area contributed by atoms with Crippen molar-refractivity contribution in [2.24, 2.45) is 0 Å². The van der Waals surface area contributed by atoms with E-state index < -0.39 is 24.3 Å². The highest BCUT2D eigenvalue weighted by atomic mass is 19.4. The Kier molecular flexibility index (Phi) is 2.31. The number of nitrogens with one attached hydrogen (secondary N) is 1. The number of carbonyl (C=O) groups is 1. The molecule has 1 rings (SSSR count). The van der Waals surface area contributed by atoms with Crippen molar-refractivity contribution in [1.82, 2.24) is 4.98 Å². The van der Waals surface area contributed by atoms with Crippen molar-refractivity contribution in [3.63, 3.8) is 0 Å². The SMILES string of the molecule is O=C(O)Cc1c[nH]c(C(F)(F)F)c1. The third-order valence-electron chi connectivity index (χ3n) is 1.40. The normalized spacial score (nSPS) is 11.6. The summed E-state index contributed by atoms with van der Waals surface area (Å²) in [4.78, 5) is 12.1. The zero-order chi connectivity index (χ0) is 10.1. The van der Waals surface area contributed by atoms with E-state index in [4.69, 9.17) is 5.11 Å². The molecule has 0 fully saturated rings. The number of rotatable bonds is 2. The van der Waals surface area contributed by atoms with E-state index in [1.807, 2.05) is 4.98 Å². The predicted octanol–water partition coefficient (Wildman–Crippen LogP) is 1.66. The number of halogens is 3. The molecule has 6 heteroatoms. The third-order valence-corrected chi connectivity index (χ3v) is 1.40. The lowest BCUT2D eigenvalue weighted by molar-refractivity contribution is -0.141. The molecule has 0 saturated carbocycles. The summed E-state index contributed by atoms with van der Waals surface area (Å²) >= 11 is 0. The van der Waals surface area contributed by atoms with Gasteiger partial charge in [-0.05, 0) is 11.6 Å². The number of carboxylic acid groups (broad SMARTS) is 1. The quantitative estimate of drug-likeness (QED) is 0.750. The maximum Gasteiger partial charge on any atom is 0.431 e. The van der Waals surface area contributed by atoms with Crippen LogP contribution in [0.3, 0.4) is 0 Å². The van der Waals surface area contributed by atoms with Gasteiger partial charge in [0.25, 0.3) is 0 Å². The molecule has 0 aliphatic rings. The van der Waals surface area contributed by atoms with Gasteiger partial charge in [0.05, 0.1) is 6.42 Å². The zero-order valence-corrected chi connectivity index (χ0v) is 6.35. The van der Waals surface area contributed by atoms with Gasteiger partial charge in [0.2, 0.25) is 0 Å². The first-order chi connectivity index (χ1) is 5.89. The number of H-pyrrole nitrogens is 1. The van der Waals surface area contributed by atoms with E-state index in [0.29, 0.717) is 0 Å². The number of aromatic amines is 1. The van der Waals surface area contributed by atoms with Gasteiger partial charge in [0.1, 0.15) is 5.69 Å². The Morgan fingerprint density at radius 2 is 2.15 bits per heavy atom. The number of hydrogen-bond donors (Lipinski definition) is 2. The summed E-state index contributed by atoms with van der Waals surface area (Å²) in [7, 11) is 0. The molecule has 72 valence electrons. The second-order valence-electron chi connectivity index (χ2n) is 2.49. The standard InChI is InChI=1S/C7H6F3NO2/c8-7(9,10)5-1-4(3-11-5)2-6(12)13/h1,3,11H,2H2,(H,12,13). The van der Waals surface area contributed by atoms with Gasteiger partial charge in [-0.2, -0.15) is 13.2 Å². The highest BCUT2D eigenvalue weighted by Crippen LogP contribution is 2.28. The number of hydrogen-bond acceptors (Lipinski definition) is 1. The van der Waals surface area contributed by atoms with Crippen LogP contribution >= 0.6 is 0 Å². The molecule has 0 radical (unpaired) electrons. The molecule has 3 nitrogen and oxygen atoms in total. The van der Waals surface area contributed by atoms with Crippen LogP contribution in [0.25, 0.3) is 0 Å². The van der Waals surface area contributed by atoms with Crippen molar-refractivity contribution in [2.75, 3.05) is 0 Å². The van der Waals surface area contributed by atoms with Gasteiger partial charge in [-0.3, -0.25) is 4.79 Å². The fourth-order valence-electron chi connectivity index (χ4n) is 0.880. The number of aromatic nitrogens is 1. The van der Waals surface area contributed by atoms with Gasteiger partial charge in [-0.15, -0.1) is 0 Å². The largest absolute Gasteiger partial charge is 0.481 e. The van der Waals surface area contributed by atoms with Crippen molar-refractivity contribution >= 4 is 5.97 Å². The lowest BCUT2D eigenvalue weighted by Crippen LogP contribution is -2.04. The summed E-state index contributed by atoms with van der Waals surface area (Å²) in [6.07, 6.45) is -3.82. The minimum Gasteiger partial charge on any atom is -0.481 e. The van der Waals surface area contributed by atoms with E-state index in [9.17, 15) is 18.0 Å². The maximum atomic E-state index is 12.0. The van der Waals surface area contributed by atoms with Crippen LogP contribution in [0, 0.1) is 0 Å². The predicted molar refractivity (Wildman–Crippen MR) is 37.1 cm³/mol. The van der Waals surface area contributed by atoms with Crippen LogP contribution in [0.1, 0.15) is 11.3 Å². The van der Waals surface area contributed by atoms with E-state index in [1.165, 1.54) is 0 Å². The van der Waals surface area contributed by atoms with Gasteiger partial charge in [-0.25, -0.2) is 0 Å². The summed E-state index contributed by atoms with van der Waals surface area (Å²) in [6.45, 7) is 0. The van der Waals surface area contributed by atoms with Crippen molar-refractivity contribution < 1.29 is 23.1 Å². The molecule has 0 aliphatic heterocycles. The minimum absolute atomic E-state index is 0.111. The molecule has 0 amide bonds. The lowest BCUT2D eigenvalue weighted by Gasteiger charge is -2.00. The van der Waals surface area contributed by atoms with Crippen LogP contribution < -0.4 is 0 Å². The maximum absolute atomic E-state index is 12.0. The number of carboxylic acids is 1. The topological polar surface area (TPSA) is 53.1 Å². The van der Waals surface area contributed by atoms with Gasteiger partial charge < -0.3 is 10.1 Å². The fourth-order valence-corrected chi connectivity index (χ4v) is 0.880. The zero-order valence-electron chi connectivity index (χ0n) is 6.35. The second-order valence-corrected chi connectivity index (χ2v) is 2.49. The summed E-state index contributed by atoms with van der Waals surface area (Å²) in [5.74, 6) is -1.16. The van der Waals surface area contributed by atoms with Gasteiger partial charge >= 0.3 is 12.1 Å². The first-order valence-electron chi connectivity index (χ1n) is 3.36. The van der Waals surface area contributed by atoms with Crippen molar-refractivity contribution in [3.05, 3.63) is 23.5 Å². The molecule has 1 aromatic rings. The molecule has 1 heterocycles. The Hall–Kier alpha value is -1.46. The van der Waals surface area contributed by atoms with E-state index in [0.717, 1.165) is 12.3 Å². The summed E-state index contributed by atoms with van der Waals surface area (Å²) < 4.78 is 35.9. The van der Waals surface area contributed by atoms with Crippen LogP contribution in [0.5, 0.6) is 0 Å². The molecule has 0 aromatic carbocycles. The van der Waals surface area contributed by atoms with Crippen LogP contribution in [0.2, 0.25) is 0 Å². The number of alkyl halides is 3. The third kappa shape index (κ3) is 2.50. The first-order valence-corrected chi connectivity index (χ1v) is 3.36. The Balaban J connectivity index is 2.81. The highest BCUT2D eigenvalue weighted by molar-refractivity contribution is 5.70. The monoisotopic (exact) mass is 193 g/mol. The van der Waals surface area contributed by atoms with Gasteiger partial charge in [0.15, 0.2) is 0 Å². The van der Waals surface area contributed by atoms with E-state index >= 15 is 0 Å². The van der Waals surface area contributed by atoms with E-state index in [2.05, 4.69) is 0 Å².